The number of halogens is 6. The van der Waals surface area contributed by atoms with Gasteiger partial charge in [-0.1, -0.05) is 44.0 Å². The van der Waals surface area contributed by atoms with Gasteiger partial charge in [-0.05, 0) is 92.0 Å². The second-order valence-corrected chi connectivity index (χ2v) is 11.8. The van der Waals surface area contributed by atoms with Crippen molar-refractivity contribution >= 4 is 0 Å². The standard InChI is InChI=1S/C34H36F6O2/c1-3-41-33-31(37)18-26(19-32(33)38)42-34(39,40)25-12-8-22(9-13-25)27-15-11-24(17-30(27)36)28-14-10-23(16-29(28)35)21-6-4-20(2)5-7-21/h10-11,14-22,25H,3-9,12-13H2,1-2H3. The maximum Gasteiger partial charge on any atom is 0.400 e. The fourth-order valence-corrected chi connectivity index (χ4v) is 6.50. The minimum atomic E-state index is -3.67. The molecule has 2 aliphatic rings. The predicted molar refractivity (Wildman–Crippen MR) is 150 cm³/mol. The lowest BCUT2D eigenvalue weighted by Gasteiger charge is -2.33. The summed E-state index contributed by atoms with van der Waals surface area (Å²) in [5.41, 5.74) is 2.15. The van der Waals surface area contributed by atoms with Gasteiger partial charge in [0.2, 0.25) is 0 Å². The first-order valence-corrected chi connectivity index (χ1v) is 14.8. The lowest BCUT2D eigenvalue weighted by Crippen LogP contribution is -2.37. The molecular formula is C34H36F6O2. The van der Waals surface area contributed by atoms with Crippen LogP contribution in [0.15, 0.2) is 48.5 Å². The zero-order chi connectivity index (χ0) is 30.0. The minimum Gasteiger partial charge on any atom is -0.488 e. The van der Waals surface area contributed by atoms with Crippen molar-refractivity contribution in [3.63, 3.8) is 0 Å². The topological polar surface area (TPSA) is 18.5 Å². The molecule has 2 saturated carbocycles. The maximum absolute atomic E-state index is 15.3. The third kappa shape index (κ3) is 6.57. The molecule has 0 atom stereocenters. The van der Waals surface area contributed by atoms with E-state index < -0.39 is 41.0 Å². The number of ether oxygens (including phenoxy) is 2. The normalized spacial score (nSPS) is 23.0. The van der Waals surface area contributed by atoms with E-state index in [2.05, 4.69) is 6.92 Å². The Labute approximate surface area is 243 Å². The summed E-state index contributed by atoms with van der Waals surface area (Å²) in [6.07, 6.45) is 1.34. The molecule has 0 heterocycles. The molecule has 0 unspecified atom stereocenters. The SMILES string of the molecule is CCOc1c(F)cc(OC(F)(F)C2CCC(c3ccc(-c4ccc(C5CCC(C)CC5)cc4F)cc3F)CC2)cc1F. The summed E-state index contributed by atoms with van der Waals surface area (Å²) in [5, 5.41) is 0. The molecule has 0 aliphatic heterocycles. The van der Waals surface area contributed by atoms with E-state index in [0.717, 1.165) is 31.2 Å². The molecule has 0 amide bonds. The highest BCUT2D eigenvalue weighted by molar-refractivity contribution is 5.65. The van der Waals surface area contributed by atoms with Crippen molar-refractivity contribution < 1.29 is 35.8 Å². The number of rotatable bonds is 8. The van der Waals surface area contributed by atoms with Crippen LogP contribution in [-0.2, 0) is 0 Å². The quantitative estimate of drug-likeness (QED) is 0.243. The van der Waals surface area contributed by atoms with Crippen molar-refractivity contribution in [3.8, 4) is 22.6 Å². The largest absolute Gasteiger partial charge is 0.488 e. The summed E-state index contributed by atoms with van der Waals surface area (Å²) in [5.74, 6) is -4.84. The van der Waals surface area contributed by atoms with Crippen LogP contribution >= 0.6 is 0 Å². The highest BCUT2D eigenvalue weighted by Crippen LogP contribution is 2.45. The third-order valence-electron chi connectivity index (χ3n) is 8.95. The molecular weight excluding hydrogens is 554 g/mol. The van der Waals surface area contributed by atoms with E-state index in [4.69, 9.17) is 9.47 Å². The van der Waals surface area contributed by atoms with Crippen LogP contribution in [0.5, 0.6) is 11.5 Å². The molecule has 0 N–H and O–H groups in total. The first kappa shape index (κ1) is 30.3. The molecule has 2 fully saturated rings. The van der Waals surface area contributed by atoms with Crippen LogP contribution in [0.4, 0.5) is 26.3 Å². The molecule has 0 bridgehead atoms. The van der Waals surface area contributed by atoms with Crippen molar-refractivity contribution in [2.24, 2.45) is 11.8 Å². The number of hydrogen-bond acceptors (Lipinski definition) is 2. The second-order valence-electron chi connectivity index (χ2n) is 11.8. The molecule has 3 aromatic rings. The third-order valence-corrected chi connectivity index (χ3v) is 8.95. The van der Waals surface area contributed by atoms with E-state index in [9.17, 15) is 17.6 Å². The lowest BCUT2D eigenvalue weighted by molar-refractivity contribution is -0.222. The molecule has 0 spiro atoms. The van der Waals surface area contributed by atoms with Crippen molar-refractivity contribution in [1.82, 2.24) is 0 Å². The fraction of sp³-hybridized carbons (Fsp3) is 0.471. The molecule has 3 aromatic carbocycles. The van der Waals surface area contributed by atoms with Crippen LogP contribution in [0.2, 0.25) is 0 Å². The first-order chi connectivity index (χ1) is 20.1. The van der Waals surface area contributed by atoms with Crippen LogP contribution in [0.1, 0.15) is 88.2 Å². The van der Waals surface area contributed by atoms with Gasteiger partial charge in [0.25, 0.3) is 0 Å². The monoisotopic (exact) mass is 590 g/mol. The Kier molecular flexibility index (Phi) is 9.09. The van der Waals surface area contributed by atoms with Gasteiger partial charge < -0.3 is 9.47 Å². The van der Waals surface area contributed by atoms with E-state index >= 15 is 8.78 Å². The summed E-state index contributed by atoms with van der Waals surface area (Å²) < 4.78 is 98.1. The van der Waals surface area contributed by atoms with Crippen LogP contribution in [0, 0.1) is 35.1 Å². The van der Waals surface area contributed by atoms with Gasteiger partial charge >= 0.3 is 6.11 Å². The number of benzene rings is 3. The van der Waals surface area contributed by atoms with Gasteiger partial charge in [-0.3, -0.25) is 0 Å². The average molecular weight is 591 g/mol. The highest BCUT2D eigenvalue weighted by Gasteiger charge is 2.44. The van der Waals surface area contributed by atoms with Gasteiger partial charge in [0.1, 0.15) is 17.4 Å². The summed E-state index contributed by atoms with van der Waals surface area (Å²) in [6, 6.07) is 11.2. The maximum atomic E-state index is 15.3. The van der Waals surface area contributed by atoms with Crippen LogP contribution in [0.3, 0.4) is 0 Å². The number of alkyl halides is 2. The lowest BCUT2D eigenvalue weighted by atomic mass is 9.77. The fourth-order valence-electron chi connectivity index (χ4n) is 6.50. The highest BCUT2D eigenvalue weighted by atomic mass is 19.3. The molecule has 8 heteroatoms. The van der Waals surface area contributed by atoms with Gasteiger partial charge in [-0.15, -0.1) is 0 Å². The zero-order valence-electron chi connectivity index (χ0n) is 23.9. The Morgan fingerprint density at radius 2 is 1.36 bits per heavy atom. The molecule has 2 aliphatic carbocycles. The van der Waals surface area contributed by atoms with Gasteiger partial charge in [0, 0.05) is 17.7 Å². The molecule has 5 rings (SSSR count). The van der Waals surface area contributed by atoms with Crippen LogP contribution < -0.4 is 9.47 Å². The van der Waals surface area contributed by atoms with Gasteiger partial charge in [-0.2, -0.15) is 8.78 Å². The average Bonchev–Trinajstić information content (AvgIpc) is 2.95. The van der Waals surface area contributed by atoms with Crippen LogP contribution in [0.25, 0.3) is 11.1 Å². The summed E-state index contributed by atoms with van der Waals surface area (Å²) in [7, 11) is 0. The smallest absolute Gasteiger partial charge is 0.400 e. The molecule has 0 aromatic heterocycles. The Bertz CT molecular complexity index is 1370. The van der Waals surface area contributed by atoms with E-state index in [1.807, 2.05) is 6.07 Å². The first-order valence-electron chi connectivity index (χ1n) is 14.8. The molecule has 0 radical (unpaired) electrons. The molecule has 226 valence electrons. The van der Waals surface area contributed by atoms with Gasteiger partial charge in [-0.25, -0.2) is 17.6 Å². The molecule has 2 nitrogen and oxygen atoms in total. The van der Waals surface area contributed by atoms with E-state index in [1.54, 1.807) is 31.2 Å². The van der Waals surface area contributed by atoms with Crippen molar-refractivity contribution in [3.05, 3.63) is 82.9 Å². The summed E-state index contributed by atoms with van der Waals surface area (Å²) in [6.45, 7) is 3.80. The van der Waals surface area contributed by atoms with E-state index in [0.29, 0.717) is 40.7 Å². The Balaban J connectivity index is 1.22. The summed E-state index contributed by atoms with van der Waals surface area (Å²) >= 11 is 0. The summed E-state index contributed by atoms with van der Waals surface area (Å²) in [4.78, 5) is 0. The van der Waals surface area contributed by atoms with Gasteiger partial charge in [0.15, 0.2) is 17.4 Å². The second kappa shape index (κ2) is 12.6. The van der Waals surface area contributed by atoms with Crippen molar-refractivity contribution in [2.45, 2.75) is 83.2 Å². The Morgan fingerprint density at radius 1 is 0.714 bits per heavy atom. The molecule has 42 heavy (non-hydrogen) atoms. The number of hydrogen-bond donors (Lipinski definition) is 0. The van der Waals surface area contributed by atoms with E-state index in [-0.39, 0.29) is 44.0 Å². The zero-order valence-corrected chi connectivity index (χ0v) is 23.9. The Hall–Kier alpha value is -3.16. The molecule has 0 saturated heterocycles. The van der Waals surface area contributed by atoms with Crippen LogP contribution in [-0.4, -0.2) is 12.7 Å². The van der Waals surface area contributed by atoms with Gasteiger partial charge in [0.05, 0.1) is 12.5 Å². The minimum absolute atomic E-state index is 0.0145. The predicted octanol–water partition coefficient (Wildman–Crippen LogP) is 10.5. The van der Waals surface area contributed by atoms with E-state index in [1.165, 1.54) is 6.07 Å². The van der Waals surface area contributed by atoms with Crippen molar-refractivity contribution in [2.75, 3.05) is 6.61 Å². The Morgan fingerprint density at radius 3 is 1.95 bits per heavy atom. The van der Waals surface area contributed by atoms with Crippen molar-refractivity contribution in [1.29, 1.82) is 0 Å².